The Balaban J connectivity index is 1.58. The van der Waals surface area contributed by atoms with Crippen molar-refractivity contribution in [2.75, 3.05) is 0 Å². The number of imidazole rings is 1. The predicted octanol–water partition coefficient (Wildman–Crippen LogP) is 1.99. The van der Waals surface area contributed by atoms with E-state index >= 15 is 0 Å². The largest absolute Gasteiger partial charge is 0.331 e. The Morgan fingerprint density at radius 1 is 1.35 bits per heavy atom. The molecule has 1 heterocycles. The lowest BCUT2D eigenvalue weighted by molar-refractivity contribution is 0.402. The first kappa shape index (κ1) is 12.4. The predicted molar refractivity (Wildman–Crippen MR) is 79.9 cm³/mol. The van der Waals surface area contributed by atoms with Crippen molar-refractivity contribution in [2.24, 2.45) is 30.6 Å². The number of rotatable bonds is 4. The number of benzene rings is 1. The van der Waals surface area contributed by atoms with Crippen LogP contribution in [0.15, 0.2) is 24.3 Å². The van der Waals surface area contributed by atoms with Crippen molar-refractivity contribution in [3.8, 4) is 0 Å². The van der Waals surface area contributed by atoms with Crippen LogP contribution in [0.2, 0.25) is 0 Å². The summed E-state index contributed by atoms with van der Waals surface area (Å²) in [6, 6.07) is 8.69. The van der Waals surface area contributed by atoms with E-state index in [9.17, 15) is 0 Å². The average molecular weight is 270 g/mol. The molecule has 0 radical (unpaired) electrons. The minimum Gasteiger partial charge on any atom is -0.331 e. The lowest BCUT2D eigenvalue weighted by atomic mass is 10.0. The highest BCUT2D eigenvalue weighted by molar-refractivity contribution is 5.75. The van der Waals surface area contributed by atoms with Gasteiger partial charge in [0.05, 0.1) is 11.0 Å². The maximum Gasteiger partial charge on any atom is 0.111 e. The summed E-state index contributed by atoms with van der Waals surface area (Å²) in [7, 11) is 2.10. The van der Waals surface area contributed by atoms with Gasteiger partial charge in [-0.05, 0) is 42.7 Å². The molecule has 3 N–H and O–H groups in total. The Morgan fingerprint density at radius 3 is 2.80 bits per heavy atom. The van der Waals surface area contributed by atoms with Gasteiger partial charge < -0.3 is 4.57 Å². The van der Waals surface area contributed by atoms with Crippen molar-refractivity contribution in [3.05, 3.63) is 30.1 Å². The molecular formula is C16H22N4. The number of hydrogen-bond donors (Lipinski definition) is 2. The second kappa shape index (κ2) is 4.57. The maximum atomic E-state index is 5.82. The second-order valence-electron chi connectivity index (χ2n) is 6.39. The van der Waals surface area contributed by atoms with E-state index in [1.54, 1.807) is 0 Å². The fraction of sp³-hybridized carbons (Fsp3) is 0.562. The molecule has 4 heteroatoms. The van der Waals surface area contributed by atoms with Gasteiger partial charge in [0.1, 0.15) is 5.82 Å². The number of aryl methyl sites for hydroxylation is 1. The van der Waals surface area contributed by atoms with Crippen molar-refractivity contribution in [3.63, 3.8) is 0 Å². The zero-order valence-corrected chi connectivity index (χ0v) is 11.9. The van der Waals surface area contributed by atoms with Gasteiger partial charge in [-0.3, -0.25) is 11.3 Å². The number of hydrogen-bond acceptors (Lipinski definition) is 3. The molecule has 20 heavy (non-hydrogen) atoms. The zero-order valence-electron chi connectivity index (χ0n) is 11.9. The van der Waals surface area contributed by atoms with Crippen molar-refractivity contribution in [1.82, 2.24) is 15.0 Å². The Labute approximate surface area is 119 Å². The van der Waals surface area contributed by atoms with Gasteiger partial charge in [0.2, 0.25) is 0 Å². The number of fused-ring (bicyclic) bond motifs is 2. The molecular weight excluding hydrogens is 248 g/mol. The van der Waals surface area contributed by atoms with Gasteiger partial charge >= 0.3 is 0 Å². The summed E-state index contributed by atoms with van der Waals surface area (Å²) in [5, 5.41) is 0. The molecule has 1 aromatic heterocycles. The minimum atomic E-state index is 0.376. The average Bonchev–Trinajstić information content (AvgIpc) is 2.84. The van der Waals surface area contributed by atoms with Gasteiger partial charge in [-0.15, -0.1) is 0 Å². The third-order valence-corrected chi connectivity index (χ3v) is 5.43. The summed E-state index contributed by atoms with van der Waals surface area (Å²) in [6.45, 7) is 0. The van der Waals surface area contributed by atoms with Gasteiger partial charge in [-0.25, -0.2) is 4.98 Å². The number of para-hydroxylation sites is 2. The van der Waals surface area contributed by atoms with Crippen LogP contribution in [0.1, 0.15) is 25.1 Å². The number of hydrazine groups is 1. The SMILES string of the molecule is Cn1c(CC(NN)C2C3CCCC32)nc2ccccc21. The van der Waals surface area contributed by atoms with E-state index in [0.717, 1.165) is 35.5 Å². The first-order chi connectivity index (χ1) is 9.79. The highest BCUT2D eigenvalue weighted by Crippen LogP contribution is 2.59. The summed E-state index contributed by atoms with van der Waals surface area (Å²) in [5.41, 5.74) is 5.34. The van der Waals surface area contributed by atoms with Gasteiger partial charge in [-0.2, -0.15) is 0 Å². The van der Waals surface area contributed by atoms with Crippen molar-refractivity contribution >= 4 is 11.0 Å². The molecule has 2 aromatic rings. The first-order valence-corrected chi connectivity index (χ1v) is 7.66. The van der Waals surface area contributed by atoms with Crippen LogP contribution in [0, 0.1) is 17.8 Å². The highest BCUT2D eigenvalue weighted by Gasteiger charge is 2.55. The molecule has 0 spiro atoms. The van der Waals surface area contributed by atoms with Gasteiger partial charge in [-0.1, -0.05) is 18.6 Å². The molecule has 0 bridgehead atoms. The van der Waals surface area contributed by atoms with Crippen LogP contribution in [0.5, 0.6) is 0 Å². The Hall–Kier alpha value is -1.39. The van der Waals surface area contributed by atoms with Gasteiger partial charge in [0, 0.05) is 19.5 Å². The summed E-state index contributed by atoms with van der Waals surface area (Å²) in [6.07, 6.45) is 5.14. The number of aromatic nitrogens is 2. The molecule has 0 amide bonds. The van der Waals surface area contributed by atoms with Crippen LogP contribution in [0.25, 0.3) is 11.0 Å². The summed E-state index contributed by atoms with van der Waals surface area (Å²) in [4.78, 5) is 4.77. The van der Waals surface area contributed by atoms with E-state index in [4.69, 9.17) is 10.8 Å². The molecule has 2 aliphatic carbocycles. The van der Waals surface area contributed by atoms with E-state index < -0.39 is 0 Å². The van der Waals surface area contributed by atoms with Crippen LogP contribution >= 0.6 is 0 Å². The number of nitrogens with zero attached hydrogens (tertiary/aromatic N) is 2. The first-order valence-electron chi connectivity index (χ1n) is 7.66. The Bertz CT molecular complexity index is 622. The fourth-order valence-corrected chi connectivity index (χ4v) is 4.35. The molecule has 2 aliphatic rings. The van der Waals surface area contributed by atoms with E-state index in [1.165, 1.54) is 24.8 Å². The Morgan fingerprint density at radius 2 is 2.10 bits per heavy atom. The monoisotopic (exact) mass is 270 g/mol. The molecule has 3 unspecified atom stereocenters. The highest BCUT2D eigenvalue weighted by atomic mass is 15.2. The molecule has 4 rings (SSSR count). The lowest BCUT2D eigenvalue weighted by Gasteiger charge is -2.17. The molecule has 0 aliphatic heterocycles. The van der Waals surface area contributed by atoms with E-state index in [2.05, 4.69) is 35.2 Å². The molecule has 2 fully saturated rings. The molecule has 4 nitrogen and oxygen atoms in total. The standard InChI is InChI=1S/C16H22N4/c1-20-14-8-3-2-7-12(14)18-15(20)9-13(19-17)16-10-5-4-6-11(10)16/h2-3,7-8,10-11,13,16,19H,4-6,9,17H2,1H3. The lowest BCUT2D eigenvalue weighted by Crippen LogP contribution is -2.40. The number of nitrogens with one attached hydrogen (secondary N) is 1. The van der Waals surface area contributed by atoms with E-state index in [0.29, 0.717) is 6.04 Å². The van der Waals surface area contributed by atoms with Crippen molar-refractivity contribution in [2.45, 2.75) is 31.7 Å². The molecule has 3 atom stereocenters. The minimum absolute atomic E-state index is 0.376. The maximum absolute atomic E-state index is 5.82. The van der Waals surface area contributed by atoms with E-state index in [1.807, 2.05) is 6.07 Å². The summed E-state index contributed by atoms with van der Waals surface area (Å²) < 4.78 is 2.21. The van der Waals surface area contributed by atoms with Gasteiger partial charge in [0.15, 0.2) is 0 Å². The van der Waals surface area contributed by atoms with Crippen LogP contribution in [0.3, 0.4) is 0 Å². The van der Waals surface area contributed by atoms with E-state index in [-0.39, 0.29) is 0 Å². The normalized spacial score (nSPS) is 29.6. The molecule has 1 aromatic carbocycles. The Kier molecular flexibility index (Phi) is 2.82. The number of nitrogens with two attached hydrogens (primary N) is 1. The van der Waals surface area contributed by atoms with Crippen molar-refractivity contribution < 1.29 is 0 Å². The van der Waals surface area contributed by atoms with Gasteiger partial charge in [0.25, 0.3) is 0 Å². The summed E-state index contributed by atoms with van der Waals surface area (Å²) >= 11 is 0. The zero-order chi connectivity index (χ0) is 13.7. The van der Waals surface area contributed by atoms with Crippen molar-refractivity contribution in [1.29, 1.82) is 0 Å². The van der Waals surface area contributed by atoms with Crippen LogP contribution in [0.4, 0.5) is 0 Å². The van der Waals surface area contributed by atoms with Crippen LogP contribution in [-0.2, 0) is 13.5 Å². The third-order valence-electron chi connectivity index (χ3n) is 5.43. The quantitative estimate of drug-likeness (QED) is 0.660. The van der Waals surface area contributed by atoms with Crippen LogP contribution < -0.4 is 11.3 Å². The second-order valence-corrected chi connectivity index (χ2v) is 6.39. The molecule has 106 valence electrons. The molecule has 0 saturated heterocycles. The molecule has 2 saturated carbocycles. The fourth-order valence-electron chi connectivity index (χ4n) is 4.35. The van der Waals surface area contributed by atoms with Crippen LogP contribution in [-0.4, -0.2) is 15.6 Å². The summed E-state index contributed by atoms with van der Waals surface area (Å²) in [5.74, 6) is 9.58. The third kappa shape index (κ3) is 1.79. The topological polar surface area (TPSA) is 55.9 Å². The smallest absolute Gasteiger partial charge is 0.111 e.